The molecule has 13 heavy (non-hydrogen) atoms. The van der Waals surface area contributed by atoms with Crippen molar-refractivity contribution in [1.82, 2.24) is 0 Å². The van der Waals surface area contributed by atoms with Gasteiger partial charge in [-0.15, -0.1) is 18.4 Å². The van der Waals surface area contributed by atoms with Crippen LogP contribution in [0.25, 0.3) is 0 Å². The Balaban J connectivity index is -0.000000136. The summed E-state index contributed by atoms with van der Waals surface area (Å²) in [6, 6.07) is 3.61. The van der Waals surface area contributed by atoms with Crippen molar-refractivity contribution < 1.29 is 21.9 Å². The molecule has 1 rings (SSSR count). The fourth-order valence-corrected chi connectivity index (χ4v) is 0.377. The Morgan fingerprint density at radius 1 is 1.69 bits per heavy atom. The molecule has 0 unspecified atom stereocenters. The third-order valence-corrected chi connectivity index (χ3v) is 0.862. The summed E-state index contributed by atoms with van der Waals surface area (Å²) in [7, 11) is 0. The SMILES string of the molecule is C#CCCO.Cc1cc[c-]o1.[Cl-].[Mg+2]. The molecule has 68 valence electrons. The van der Waals surface area contributed by atoms with E-state index in [2.05, 4.69) is 12.2 Å². The normalized spacial score (nSPS) is 6.54. The van der Waals surface area contributed by atoms with Crippen LogP contribution in [0.1, 0.15) is 12.2 Å². The van der Waals surface area contributed by atoms with E-state index in [4.69, 9.17) is 15.9 Å². The molecule has 0 radical (unpaired) electrons. The summed E-state index contributed by atoms with van der Waals surface area (Å²) in [6.45, 7) is 1.99. The Hall–Kier alpha value is -0.144. The Bertz CT molecular complexity index is 204. The molecule has 0 spiro atoms. The average molecular weight is 211 g/mol. The standard InChI is InChI=1S/C5H5O.C4H6O.ClH.Mg/c1-5-3-2-4-6-5;1-2-3-4-5;;/h2-3H,1H3;1,5H,3-4H2;1H;/q-1;;;+2/p-1. The van der Waals surface area contributed by atoms with Crippen molar-refractivity contribution in [3.05, 3.63) is 24.2 Å². The predicted octanol–water partition coefficient (Wildman–Crippen LogP) is -1.99. The molecule has 1 aromatic heterocycles. The minimum atomic E-state index is 0. The van der Waals surface area contributed by atoms with Crippen LogP contribution in [0.2, 0.25) is 0 Å². The number of hydrogen-bond donors (Lipinski definition) is 1. The van der Waals surface area contributed by atoms with Crippen LogP contribution >= 0.6 is 0 Å². The van der Waals surface area contributed by atoms with Gasteiger partial charge in [0.1, 0.15) is 0 Å². The molecule has 0 bridgehead atoms. The summed E-state index contributed by atoms with van der Waals surface area (Å²) in [6.07, 6.45) is 7.76. The molecule has 0 fully saturated rings. The van der Waals surface area contributed by atoms with Gasteiger partial charge in [-0.25, -0.2) is 0 Å². The average Bonchev–Trinajstić information content (AvgIpc) is 2.43. The van der Waals surface area contributed by atoms with Gasteiger partial charge >= 0.3 is 23.1 Å². The maximum Gasteiger partial charge on any atom is 2.00 e. The van der Waals surface area contributed by atoms with Gasteiger partial charge in [0.2, 0.25) is 0 Å². The molecule has 4 heteroatoms. The first-order valence-corrected chi connectivity index (χ1v) is 3.28. The minimum absolute atomic E-state index is 0. The summed E-state index contributed by atoms with van der Waals surface area (Å²) in [5, 5.41) is 7.92. The number of terminal acetylenes is 1. The molecular formula is C9H11ClMgO2. The molecule has 0 amide bonds. The maximum absolute atomic E-state index is 7.92. The van der Waals surface area contributed by atoms with Gasteiger partial charge in [0.25, 0.3) is 0 Å². The van der Waals surface area contributed by atoms with Crippen LogP contribution in [0.5, 0.6) is 0 Å². The molecule has 0 aliphatic carbocycles. The second-order valence-corrected chi connectivity index (χ2v) is 1.84. The fraction of sp³-hybridized carbons (Fsp3) is 0.333. The first-order chi connectivity index (χ1) is 5.31. The zero-order valence-electron chi connectivity index (χ0n) is 7.59. The summed E-state index contributed by atoms with van der Waals surface area (Å²) in [4.78, 5) is 0. The van der Waals surface area contributed by atoms with Crippen molar-refractivity contribution in [2.45, 2.75) is 13.3 Å². The van der Waals surface area contributed by atoms with Crippen molar-refractivity contribution in [2.75, 3.05) is 6.61 Å². The van der Waals surface area contributed by atoms with Gasteiger partial charge in [-0.2, -0.15) is 6.07 Å². The summed E-state index contributed by atoms with van der Waals surface area (Å²) < 4.78 is 4.71. The Labute approximate surface area is 101 Å². The first-order valence-electron chi connectivity index (χ1n) is 3.28. The first kappa shape index (κ1) is 18.6. The Morgan fingerprint density at radius 3 is 2.38 bits per heavy atom. The van der Waals surface area contributed by atoms with Crippen LogP contribution in [0.3, 0.4) is 0 Å². The molecule has 0 saturated carbocycles. The summed E-state index contributed by atoms with van der Waals surface area (Å²) in [5.41, 5.74) is 0. The van der Waals surface area contributed by atoms with E-state index in [-0.39, 0.29) is 42.1 Å². The second-order valence-electron chi connectivity index (χ2n) is 1.84. The van der Waals surface area contributed by atoms with E-state index in [1.165, 1.54) is 0 Å². The van der Waals surface area contributed by atoms with Gasteiger partial charge in [-0.1, -0.05) is 12.7 Å². The summed E-state index contributed by atoms with van der Waals surface area (Å²) in [5.74, 6) is 3.18. The zero-order valence-corrected chi connectivity index (χ0v) is 9.76. The molecule has 1 heterocycles. The van der Waals surface area contributed by atoms with Gasteiger partial charge in [0, 0.05) is 6.42 Å². The Kier molecular flexibility index (Phi) is 20.6. The number of furan rings is 1. The van der Waals surface area contributed by atoms with Gasteiger partial charge in [-0.05, 0) is 6.26 Å². The third-order valence-electron chi connectivity index (χ3n) is 0.862. The van der Waals surface area contributed by atoms with Crippen molar-refractivity contribution in [3.8, 4) is 12.3 Å². The van der Waals surface area contributed by atoms with Gasteiger partial charge < -0.3 is 21.9 Å². The van der Waals surface area contributed by atoms with E-state index in [1.54, 1.807) is 6.07 Å². The summed E-state index contributed by atoms with van der Waals surface area (Å²) >= 11 is 0. The number of aliphatic hydroxyl groups is 1. The molecule has 0 atom stereocenters. The quantitative estimate of drug-likeness (QED) is 0.331. The van der Waals surface area contributed by atoms with Crippen LogP contribution in [0.4, 0.5) is 0 Å². The smallest absolute Gasteiger partial charge is 1.00 e. The number of hydrogen-bond acceptors (Lipinski definition) is 2. The predicted molar refractivity (Wildman–Crippen MR) is 48.6 cm³/mol. The number of halogens is 1. The zero-order chi connectivity index (χ0) is 8.53. The van der Waals surface area contributed by atoms with Gasteiger partial charge in [0.15, 0.2) is 0 Å². The van der Waals surface area contributed by atoms with Crippen LogP contribution in [-0.2, 0) is 0 Å². The topological polar surface area (TPSA) is 33.4 Å². The molecule has 1 aromatic rings. The molecule has 1 N–H and O–H groups in total. The molecule has 0 saturated heterocycles. The van der Waals surface area contributed by atoms with Crippen molar-refractivity contribution >= 4 is 23.1 Å². The van der Waals surface area contributed by atoms with E-state index in [0.717, 1.165) is 5.76 Å². The molecule has 2 nitrogen and oxygen atoms in total. The maximum atomic E-state index is 7.92. The van der Waals surface area contributed by atoms with Crippen molar-refractivity contribution in [2.24, 2.45) is 0 Å². The molecule has 0 aromatic carbocycles. The van der Waals surface area contributed by atoms with E-state index in [9.17, 15) is 0 Å². The third kappa shape index (κ3) is 14.7. The number of aliphatic hydroxyl groups excluding tert-OH is 1. The van der Waals surface area contributed by atoms with E-state index < -0.39 is 0 Å². The van der Waals surface area contributed by atoms with E-state index in [0.29, 0.717) is 6.42 Å². The molecule has 0 aliphatic rings. The molecule has 0 aliphatic heterocycles. The number of aryl methyl sites for hydroxylation is 1. The fourth-order valence-electron chi connectivity index (χ4n) is 0.377. The van der Waals surface area contributed by atoms with Crippen molar-refractivity contribution in [1.29, 1.82) is 0 Å². The number of rotatable bonds is 1. The van der Waals surface area contributed by atoms with Crippen molar-refractivity contribution in [3.63, 3.8) is 0 Å². The minimum Gasteiger partial charge on any atom is -1.00 e. The van der Waals surface area contributed by atoms with Gasteiger partial charge in [-0.3, -0.25) is 0 Å². The van der Waals surface area contributed by atoms with E-state index >= 15 is 0 Å². The Morgan fingerprint density at radius 2 is 2.31 bits per heavy atom. The second kappa shape index (κ2) is 14.4. The monoisotopic (exact) mass is 210 g/mol. The van der Waals surface area contributed by atoms with Crippen LogP contribution in [-0.4, -0.2) is 34.8 Å². The molecular weight excluding hydrogens is 200 g/mol. The van der Waals surface area contributed by atoms with Crippen LogP contribution < -0.4 is 12.4 Å². The van der Waals surface area contributed by atoms with E-state index in [1.807, 2.05) is 13.0 Å². The largest absolute Gasteiger partial charge is 2.00 e. The van der Waals surface area contributed by atoms with Crippen LogP contribution in [0.15, 0.2) is 16.5 Å². The van der Waals surface area contributed by atoms with Crippen LogP contribution in [0, 0.1) is 25.5 Å². The van der Waals surface area contributed by atoms with Gasteiger partial charge in [0.05, 0.1) is 6.61 Å².